The first-order valence-corrected chi connectivity index (χ1v) is 6.11. The van der Waals surface area contributed by atoms with Gasteiger partial charge in [-0.15, -0.1) is 0 Å². The molecule has 0 saturated heterocycles. The van der Waals surface area contributed by atoms with Crippen LogP contribution in [0.2, 0.25) is 0 Å². The SMILES string of the molecule is CCCC(C)c1ocnc1CNC(C)(C)C. The van der Waals surface area contributed by atoms with E-state index in [9.17, 15) is 0 Å². The number of nitrogens with one attached hydrogen (secondary N) is 1. The first-order valence-electron chi connectivity index (χ1n) is 6.11. The smallest absolute Gasteiger partial charge is 0.181 e. The van der Waals surface area contributed by atoms with Crippen molar-refractivity contribution in [3.05, 3.63) is 17.8 Å². The molecule has 0 aliphatic rings. The lowest BCUT2D eigenvalue weighted by Gasteiger charge is -2.20. The van der Waals surface area contributed by atoms with Gasteiger partial charge >= 0.3 is 0 Å². The maximum atomic E-state index is 5.49. The molecule has 0 aromatic carbocycles. The van der Waals surface area contributed by atoms with Gasteiger partial charge in [0.05, 0.1) is 5.69 Å². The minimum absolute atomic E-state index is 0.115. The van der Waals surface area contributed by atoms with Crippen molar-refractivity contribution in [2.24, 2.45) is 0 Å². The van der Waals surface area contributed by atoms with Crippen LogP contribution in [0.15, 0.2) is 10.8 Å². The summed E-state index contributed by atoms with van der Waals surface area (Å²) in [5.74, 6) is 1.50. The van der Waals surface area contributed by atoms with Crippen LogP contribution in [0.25, 0.3) is 0 Å². The zero-order valence-corrected chi connectivity index (χ0v) is 11.1. The number of nitrogens with zero attached hydrogens (tertiary/aromatic N) is 1. The Morgan fingerprint density at radius 1 is 1.44 bits per heavy atom. The predicted octanol–water partition coefficient (Wildman–Crippen LogP) is 3.47. The monoisotopic (exact) mass is 224 g/mol. The van der Waals surface area contributed by atoms with Crippen LogP contribution < -0.4 is 5.32 Å². The molecule has 1 aromatic rings. The zero-order valence-electron chi connectivity index (χ0n) is 11.1. The van der Waals surface area contributed by atoms with Crippen LogP contribution in [-0.4, -0.2) is 10.5 Å². The average molecular weight is 224 g/mol. The molecule has 16 heavy (non-hydrogen) atoms. The maximum absolute atomic E-state index is 5.49. The van der Waals surface area contributed by atoms with Gasteiger partial charge in [-0.2, -0.15) is 0 Å². The van der Waals surface area contributed by atoms with Crippen molar-refractivity contribution in [3.63, 3.8) is 0 Å². The number of oxazole rings is 1. The molecule has 0 fully saturated rings. The molecule has 0 spiro atoms. The first-order chi connectivity index (χ1) is 7.44. The van der Waals surface area contributed by atoms with Gasteiger partial charge in [0, 0.05) is 18.0 Å². The van der Waals surface area contributed by atoms with Gasteiger partial charge in [0.25, 0.3) is 0 Å². The maximum Gasteiger partial charge on any atom is 0.181 e. The van der Waals surface area contributed by atoms with E-state index in [1.807, 2.05) is 0 Å². The van der Waals surface area contributed by atoms with Crippen LogP contribution in [0.1, 0.15) is 64.8 Å². The highest BCUT2D eigenvalue weighted by atomic mass is 16.3. The lowest BCUT2D eigenvalue weighted by molar-refractivity contribution is 0.411. The molecule has 1 atom stereocenters. The minimum atomic E-state index is 0.115. The molecule has 0 bridgehead atoms. The van der Waals surface area contributed by atoms with Gasteiger partial charge in [0.1, 0.15) is 5.76 Å². The van der Waals surface area contributed by atoms with Gasteiger partial charge < -0.3 is 9.73 Å². The Bertz CT molecular complexity index is 312. The molecule has 0 saturated carbocycles. The van der Waals surface area contributed by atoms with Crippen molar-refractivity contribution >= 4 is 0 Å². The zero-order chi connectivity index (χ0) is 12.2. The van der Waals surface area contributed by atoms with E-state index in [1.165, 1.54) is 6.42 Å². The molecule has 0 aliphatic carbocycles. The lowest BCUT2D eigenvalue weighted by Crippen LogP contribution is -2.35. The molecule has 0 aliphatic heterocycles. The van der Waals surface area contributed by atoms with Gasteiger partial charge in [-0.3, -0.25) is 0 Å². The van der Waals surface area contributed by atoms with Crippen LogP contribution in [0, 0.1) is 0 Å². The van der Waals surface area contributed by atoms with Crippen molar-refractivity contribution < 1.29 is 4.42 Å². The van der Waals surface area contributed by atoms with E-state index in [1.54, 1.807) is 6.39 Å². The molecular weight excluding hydrogens is 200 g/mol. The van der Waals surface area contributed by atoms with Crippen LogP contribution in [0.3, 0.4) is 0 Å². The minimum Gasteiger partial charge on any atom is -0.448 e. The predicted molar refractivity (Wildman–Crippen MR) is 66.4 cm³/mol. The summed E-state index contributed by atoms with van der Waals surface area (Å²) in [7, 11) is 0. The first kappa shape index (κ1) is 13.2. The molecule has 92 valence electrons. The lowest BCUT2D eigenvalue weighted by atomic mass is 10.0. The summed E-state index contributed by atoms with van der Waals surface area (Å²) in [4.78, 5) is 4.29. The third kappa shape index (κ3) is 3.97. The molecule has 3 nitrogen and oxygen atoms in total. The van der Waals surface area contributed by atoms with E-state index in [4.69, 9.17) is 4.42 Å². The number of aromatic nitrogens is 1. The summed E-state index contributed by atoms with van der Waals surface area (Å²) in [5, 5.41) is 3.44. The molecule has 1 unspecified atom stereocenters. The molecule has 1 N–H and O–H groups in total. The van der Waals surface area contributed by atoms with Gasteiger partial charge in [0.2, 0.25) is 0 Å². The number of hydrogen-bond donors (Lipinski definition) is 1. The van der Waals surface area contributed by atoms with Crippen LogP contribution in [0.4, 0.5) is 0 Å². The van der Waals surface area contributed by atoms with Gasteiger partial charge in [-0.25, -0.2) is 4.98 Å². The largest absolute Gasteiger partial charge is 0.448 e. The Labute approximate surface area is 98.6 Å². The molecule has 0 radical (unpaired) electrons. The standard InChI is InChI=1S/C13H24N2O/c1-6-7-10(2)12-11(14-9-16-12)8-15-13(3,4)5/h9-10,15H,6-8H2,1-5H3. The van der Waals surface area contributed by atoms with Crippen LogP contribution in [-0.2, 0) is 6.54 Å². The van der Waals surface area contributed by atoms with Crippen molar-refractivity contribution in [2.45, 2.75) is 65.5 Å². The molecule has 1 rings (SSSR count). The molecular formula is C13H24N2O. The second-order valence-electron chi connectivity index (χ2n) is 5.46. The van der Waals surface area contributed by atoms with Gasteiger partial charge in [-0.1, -0.05) is 20.3 Å². The fourth-order valence-electron chi connectivity index (χ4n) is 1.72. The highest BCUT2D eigenvalue weighted by Gasteiger charge is 2.17. The Balaban J connectivity index is 2.63. The summed E-state index contributed by atoms with van der Waals surface area (Å²) in [6, 6.07) is 0. The number of hydrogen-bond acceptors (Lipinski definition) is 3. The van der Waals surface area contributed by atoms with Crippen LogP contribution in [0.5, 0.6) is 0 Å². The van der Waals surface area contributed by atoms with E-state index in [2.05, 4.69) is 44.9 Å². The van der Waals surface area contributed by atoms with Crippen molar-refractivity contribution in [3.8, 4) is 0 Å². The highest BCUT2D eigenvalue weighted by molar-refractivity contribution is 5.12. The molecule has 1 aromatic heterocycles. The Morgan fingerprint density at radius 3 is 2.69 bits per heavy atom. The summed E-state index contributed by atoms with van der Waals surface area (Å²) in [6.45, 7) is 11.6. The van der Waals surface area contributed by atoms with E-state index in [-0.39, 0.29) is 5.54 Å². The Hall–Kier alpha value is -0.830. The highest BCUT2D eigenvalue weighted by Crippen LogP contribution is 2.23. The fraction of sp³-hybridized carbons (Fsp3) is 0.769. The van der Waals surface area contributed by atoms with Crippen molar-refractivity contribution in [1.29, 1.82) is 0 Å². The van der Waals surface area contributed by atoms with Crippen LogP contribution >= 0.6 is 0 Å². The molecule has 1 heterocycles. The summed E-state index contributed by atoms with van der Waals surface area (Å²) < 4.78 is 5.49. The second kappa shape index (κ2) is 5.48. The Morgan fingerprint density at radius 2 is 2.12 bits per heavy atom. The normalized spacial score (nSPS) is 14.1. The topological polar surface area (TPSA) is 38.1 Å². The molecule has 3 heteroatoms. The van der Waals surface area contributed by atoms with E-state index in [0.29, 0.717) is 5.92 Å². The van der Waals surface area contributed by atoms with E-state index >= 15 is 0 Å². The third-order valence-electron chi connectivity index (χ3n) is 2.63. The van der Waals surface area contributed by atoms with Crippen molar-refractivity contribution in [1.82, 2.24) is 10.3 Å². The Kier molecular flexibility index (Phi) is 4.54. The van der Waals surface area contributed by atoms with Gasteiger partial charge in [0.15, 0.2) is 6.39 Å². The third-order valence-corrected chi connectivity index (χ3v) is 2.63. The van der Waals surface area contributed by atoms with E-state index in [0.717, 1.165) is 24.4 Å². The summed E-state index contributed by atoms with van der Waals surface area (Å²) in [6.07, 6.45) is 3.88. The summed E-state index contributed by atoms with van der Waals surface area (Å²) >= 11 is 0. The van der Waals surface area contributed by atoms with E-state index < -0.39 is 0 Å². The quantitative estimate of drug-likeness (QED) is 0.832. The average Bonchev–Trinajstić information content (AvgIpc) is 2.61. The summed E-state index contributed by atoms with van der Waals surface area (Å²) in [5.41, 5.74) is 1.17. The second-order valence-corrected chi connectivity index (χ2v) is 5.46. The fourth-order valence-corrected chi connectivity index (χ4v) is 1.72. The van der Waals surface area contributed by atoms with Gasteiger partial charge in [-0.05, 0) is 27.2 Å². The number of rotatable bonds is 5. The van der Waals surface area contributed by atoms with Crippen molar-refractivity contribution in [2.75, 3.05) is 0 Å². The molecule has 0 amide bonds.